The van der Waals surface area contributed by atoms with Crippen molar-refractivity contribution in [2.75, 3.05) is 5.32 Å². The van der Waals surface area contributed by atoms with Crippen LogP contribution in [0.25, 0.3) is 38.5 Å². The normalized spacial score (nSPS) is 11.4. The first-order valence-electron chi connectivity index (χ1n) is 15.1. The lowest BCUT2D eigenvalue weighted by Crippen LogP contribution is -2.42. The van der Waals surface area contributed by atoms with Crippen LogP contribution in [0, 0.1) is 17.5 Å². The Bertz CT molecular complexity index is 2690. The molecule has 0 radical (unpaired) electrons. The van der Waals surface area contributed by atoms with Crippen LogP contribution in [0.15, 0.2) is 88.8 Å². The van der Waals surface area contributed by atoms with Gasteiger partial charge in [-0.15, -0.1) is 0 Å². The Labute approximate surface area is 289 Å². The molecule has 0 spiro atoms. The average molecular weight is 713 g/mol. The van der Waals surface area contributed by atoms with E-state index in [9.17, 15) is 28.3 Å². The average Bonchev–Trinajstić information content (AvgIpc) is 3.47. The lowest BCUT2D eigenvalue weighted by atomic mass is 9.97. The van der Waals surface area contributed by atoms with Crippen molar-refractivity contribution in [1.29, 1.82) is 0 Å². The van der Waals surface area contributed by atoms with E-state index in [1.807, 2.05) is 0 Å². The molecular formula is C35H24ClF3N8O4. The quantitative estimate of drug-likeness (QED) is 0.172. The minimum Gasteiger partial charge on any atom is -0.478 e. The Morgan fingerprint density at radius 3 is 2.53 bits per heavy atom. The van der Waals surface area contributed by atoms with Gasteiger partial charge in [0.05, 0.1) is 40.2 Å². The second-order valence-corrected chi connectivity index (χ2v) is 11.9. The van der Waals surface area contributed by atoms with Crippen LogP contribution in [0.5, 0.6) is 0 Å². The molecule has 0 saturated heterocycles. The highest BCUT2D eigenvalue weighted by atomic mass is 35.5. The number of aryl methyl sites for hydroxylation is 1. The smallest absolute Gasteiger partial charge is 0.359 e. The van der Waals surface area contributed by atoms with E-state index in [0.29, 0.717) is 55.1 Å². The standard InChI is InChI=1S/C35H24ClF3N8O4/c1-45-16-23-22(12-40)31(24(36)10-28(23)44-45)42-33-43-34(50)47(35(51)46(33)15-20-9-26(38)27(39)11-25(20)37)29-14-41-13-19-6-3-7-21(30(19)29)17-4-2-5-18(8-17)32(48)49/h2-11,13-14,16H,12,15,40H2,1H3,(H,48,49)(H,42,43,50). The van der Waals surface area contributed by atoms with Gasteiger partial charge in [-0.1, -0.05) is 41.9 Å². The van der Waals surface area contributed by atoms with Crippen molar-refractivity contribution < 1.29 is 23.1 Å². The molecule has 16 heteroatoms. The molecule has 12 nitrogen and oxygen atoms in total. The van der Waals surface area contributed by atoms with Crippen LogP contribution < -0.4 is 22.4 Å². The Kier molecular flexibility index (Phi) is 8.36. The zero-order chi connectivity index (χ0) is 36.1. The molecule has 0 fully saturated rings. The topological polar surface area (TPSA) is 163 Å². The van der Waals surface area contributed by atoms with E-state index in [-0.39, 0.29) is 28.5 Å². The van der Waals surface area contributed by atoms with Crippen LogP contribution in [-0.4, -0.2) is 40.0 Å². The molecule has 7 rings (SSSR count). The fourth-order valence-electron chi connectivity index (χ4n) is 6.01. The number of carboxylic acid groups (broad SMARTS) is 1. The van der Waals surface area contributed by atoms with Gasteiger partial charge in [0.1, 0.15) is 5.82 Å². The number of nitrogens with one attached hydrogen (secondary N) is 1. The van der Waals surface area contributed by atoms with E-state index in [0.717, 1.165) is 4.57 Å². The summed E-state index contributed by atoms with van der Waals surface area (Å²) in [5, 5.41) is 18.4. The number of aromatic carboxylic acids is 1. The van der Waals surface area contributed by atoms with Gasteiger partial charge < -0.3 is 16.2 Å². The predicted octanol–water partition coefficient (Wildman–Crippen LogP) is 5.52. The lowest BCUT2D eigenvalue weighted by Gasteiger charge is -2.19. The fourth-order valence-corrected chi connectivity index (χ4v) is 6.28. The van der Waals surface area contributed by atoms with E-state index < -0.39 is 52.9 Å². The van der Waals surface area contributed by atoms with Crippen molar-refractivity contribution in [3.63, 3.8) is 0 Å². The van der Waals surface area contributed by atoms with E-state index in [2.05, 4.69) is 20.4 Å². The molecule has 3 heterocycles. The Hall–Kier alpha value is -6.32. The fraction of sp³-hybridized carbons (Fsp3) is 0.0857. The third kappa shape index (κ3) is 5.87. The summed E-state index contributed by atoms with van der Waals surface area (Å²) >= 11 is 6.64. The van der Waals surface area contributed by atoms with Gasteiger partial charge in [-0.3, -0.25) is 14.2 Å². The molecule has 256 valence electrons. The molecular weight excluding hydrogens is 689 g/mol. The van der Waals surface area contributed by atoms with E-state index in [1.165, 1.54) is 24.5 Å². The SMILES string of the molecule is Cn1cc2c(CN)c(Nc3nc(=O)n(-c4cncc5cccc(-c6cccc(C(=O)O)c6)c45)c(=O)n3Cc3cc(F)c(F)cc3F)c(Cl)cc2n1. The van der Waals surface area contributed by atoms with Gasteiger partial charge in [-0.2, -0.15) is 10.1 Å². The van der Waals surface area contributed by atoms with Crippen molar-refractivity contribution in [2.45, 2.75) is 13.1 Å². The van der Waals surface area contributed by atoms with Gasteiger partial charge in [0.2, 0.25) is 5.95 Å². The summed E-state index contributed by atoms with van der Waals surface area (Å²) in [7, 11) is 1.70. The van der Waals surface area contributed by atoms with Crippen LogP contribution in [0.3, 0.4) is 0 Å². The molecule has 0 saturated carbocycles. The van der Waals surface area contributed by atoms with Gasteiger partial charge in [0.15, 0.2) is 11.6 Å². The summed E-state index contributed by atoms with van der Waals surface area (Å²) in [4.78, 5) is 48.6. The van der Waals surface area contributed by atoms with Crippen LogP contribution in [0.4, 0.5) is 24.8 Å². The molecule has 51 heavy (non-hydrogen) atoms. The van der Waals surface area contributed by atoms with Crippen molar-refractivity contribution in [3.05, 3.63) is 139 Å². The molecule has 4 aromatic carbocycles. The molecule has 0 bridgehead atoms. The Morgan fingerprint density at radius 1 is 1.00 bits per heavy atom. The predicted molar refractivity (Wildman–Crippen MR) is 184 cm³/mol. The van der Waals surface area contributed by atoms with E-state index in [1.54, 1.807) is 54.3 Å². The van der Waals surface area contributed by atoms with Crippen LogP contribution >= 0.6 is 11.6 Å². The number of hydrogen-bond acceptors (Lipinski definition) is 8. The van der Waals surface area contributed by atoms with Crippen molar-refractivity contribution in [3.8, 4) is 16.8 Å². The molecule has 0 aliphatic heterocycles. The molecule has 0 unspecified atom stereocenters. The number of aromatic nitrogens is 6. The molecule has 0 aliphatic rings. The zero-order valence-electron chi connectivity index (χ0n) is 26.4. The molecule has 0 amide bonds. The maximum absolute atomic E-state index is 15.1. The van der Waals surface area contributed by atoms with Gasteiger partial charge in [-0.25, -0.2) is 32.1 Å². The third-order valence-electron chi connectivity index (χ3n) is 8.34. The Morgan fingerprint density at radius 2 is 1.76 bits per heavy atom. The zero-order valence-corrected chi connectivity index (χ0v) is 27.1. The second-order valence-electron chi connectivity index (χ2n) is 11.5. The highest BCUT2D eigenvalue weighted by molar-refractivity contribution is 6.34. The maximum atomic E-state index is 15.1. The molecule has 0 aliphatic carbocycles. The number of nitrogens with two attached hydrogens (primary N) is 1. The number of nitrogens with zero attached hydrogens (tertiary/aromatic N) is 6. The summed E-state index contributed by atoms with van der Waals surface area (Å²) in [5.74, 6) is -5.52. The van der Waals surface area contributed by atoms with Crippen LogP contribution in [-0.2, 0) is 20.1 Å². The summed E-state index contributed by atoms with van der Waals surface area (Å²) in [6.45, 7) is -0.772. The highest BCUT2D eigenvalue weighted by Crippen LogP contribution is 2.35. The number of benzene rings is 4. The second kappa shape index (κ2) is 12.9. The summed E-state index contributed by atoms with van der Waals surface area (Å²) in [6.07, 6.45) is 4.45. The maximum Gasteiger partial charge on any atom is 0.359 e. The number of hydrogen-bond donors (Lipinski definition) is 3. The first kappa shape index (κ1) is 33.2. The lowest BCUT2D eigenvalue weighted by molar-refractivity contribution is 0.0697. The number of carbonyl (C=O) groups is 1. The van der Waals surface area contributed by atoms with Gasteiger partial charge in [0, 0.05) is 59.3 Å². The number of pyridine rings is 1. The molecule has 0 atom stereocenters. The first-order valence-corrected chi connectivity index (χ1v) is 15.5. The van der Waals surface area contributed by atoms with Gasteiger partial charge in [0.25, 0.3) is 0 Å². The molecule has 4 N–H and O–H groups in total. The number of halogens is 4. The molecule has 7 aromatic rings. The van der Waals surface area contributed by atoms with Gasteiger partial charge >= 0.3 is 17.3 Å². The van der Waals surface area contributed by atoms with Crippen molar-refractivity contribution in [2.24, 2.45) is 12.8 Å². The molecule has 3 aromatic heterocycles. The minimum absolute atomic E-state index is 0.00487. The number of fused-ring (bicyclic) bond motifs is 2. The third-order valence-corrected chi connectivity index (χ3v) is 8.64. The summed E-state index contributed by atoms with van der Waals surface area (Å²) < 4.78 is 46.5. The van der Waals surface area contributed by atoms with E-state index >= 15 is 4.39 Å². The number of anilines is 2. The minimum atomic E-state index is -1.43. The van der Waals surface area contributed by atoms with Crippen molar-refractivity contribution >= 4 is 50.9 Å². The number of carboxylic acids is 1. The largest absolute Gasteiger partial charge is 0.478 e. The van der Waals surface area contributed by atoms with Crippen LogP contribution in [0.2, 0.25) is 5.02 Å². The number of rotatable bonds is 8. The monoisotopic (exact) mass is 712 g/mol. The van der Waals surface area contributed by atoms with Crippen LogP contribution in [0.1, 0.15) is 21.5 Å². The van der Waals surface area contributed by atoms with Crippen molar-refractivity contribution in [1.82, 2.24) is 28.9 Å². The highest BCUT2D eigenvalue weighted by Gasteiger charge is 2.23. The summed E-state index contributed by atoms with van der Waals surface area (Å²) in [5.41, 5.74) is 5.59. The van der Waals surface area contributed by atoms with Gasteiger partial charge in [-0.05, 0) is 35.4 Å². The summed E-state index contributed by atoms with van der Waals surface area (Å²) in [6, 6.07) is 13.6. The van der Waals surface area contributed by atoms with E-state index in [4.69, 9.17) is 17.3 Å². The Balaban J connectivity index is 1.49. The first-order chi connectivity index (χ1) is 24.4.